The van der Waals surface area contributed by atoms with Gasteiger partial charge in [0.25, 0.3) is 0 Å². The Morgan fingerprint density at radius 2 is 2.05 bits per heavy atom. The fraction of sp³-hybridized carbons (Fsp3) is 0.647. The number of benzene rings is 1. The maximum Gasteiger partial charge on any atom is 0.123 e. The number of halogens is 1. The Bertz CT molecular complexity index is 416. The molecule has 1 aromatic rings. The van der Waals surface area contributed by atoms with Crippen molar-refractivity contribution in [2.24, 2.45) is 23.5 Å². The number of hydrogen-bond acceptors (Lipinski definition) is 1. The zero-order chi connectivity index (χ0) is 13.8. The molecule has 0 spiro atoms. The Balaban J connectivity index is 2.09. The Morgan fingerprint density at radius 1 is 1.26 bits per heavy atom. The van der Waals surface area contributed by atoms with Gasteiger partial charge in [-0.15, -0.1) is 0 Å². The SMILES string of the molecule is CCC1CCC(CN)C(Cc2ccc(F)cc2C)C1. The molecule has 1 fully saturated rings. The van der Waals surface area contributed by atoms with Crippen molar-refractivity contribution >= 4 is 0 Å². The Morgan fingerprint density at radius 3 is 2.68 bits per heavy atom. The number of hydrogen-bond donors (Lipinski definition) is 1. The quantitative estimate of drug-likeness (QED) is 0.870. The van der Waals surface area contributed by atoms with E-state index in [4.69, 9.17) is 5.73 Å². The lowest BCUT2D eigenvalue weighted by Gasteiger charge is -2.35. The lowest BCUT2D eigenvalue weighted by atomic mass is 9.71. The molecule has 0 saturated heterocycles. The summed E-state index contributed by atoms with van der Waals surface area (Å²) in [4.78, 5) is 0. The molecule has 1 aromatic carbocycles. The molecule has 2 heteroatoms. The number of aryl methyl sites for hydroxylation is 1. The molecule has 19 heavy (non-hydrogen) atoms. The monoisotopic (exact) mass is 263 g/mol. The second-order valence-electron chi connectivity index (χ2n) is 6.12. The maximum absolute atomic E-state index is 13.2. The molecular weight excluding hydrogens is 237 g/mol. The van der Waals surface area contributed by atoms with Crippen LogP contribution in [0.3, 0.4) is 0 Å². The number of rotatable bonds is 4. The van der Waals surface area contributed by atoms with Gasteiger partial charge < -0.3 is 5.73 Å². The van der Waals surface area contributed by atoms with Gasteiger partial charge in [-0.25, -0.2) is 4.39 Å². The van der Waals surface area contributed by atoms with Crippen LogP contribution in [0.5, 0.6) is 0 Å². The third-order valence-corrected chi connectivity index (χ3v) is 4.92. The van der Waals surface area contributed by atoms with Crippen molar-refractivity contribution in [2.75, 3.05) is 6.54 Å². The van der Waals surface area contributed by atoms with Gasteiger partial charge in [0.1, 0.15) is 5.82 Å². The van der Waals surface area contributed by atoms with Crippen LogP contribution in [0.4, 0.5) is 4.39 Å². The maximum atomic E-state index is 13.2. The van der Waals surface area contributed by atoms with Gasteiger partial charge in [0.15, 0.2) is 0 Å². The summed E-state index contributed by atoms with van der Waals surface area (Å²) in [7, 11) is 0. The summed E-state index contributed by atoms with van der Waals surface area (Å²) in [6.07, 6.45) is 6.22. The average molecular weight is 263 g/mol. The molecule has 0 aromatic heterocycles. The van der Waals surface area contributed by atoms with Crippen molar-refractivity contribution in [1.82, 2.24) is 0 Å². The molecule has 0 bridgehead atoms. The molecule has 3 unspecified atom stereocenters. The van der Waals surface area contributed by atoms with Crippen LogP contribution in [-0.2, 0) is 6.42 Å². The summed E-state index contributed by atoms with van der Waals surface area (Å²) in [6.45, 7) is 5.09. The second kappa shape index (κ2) is 6.51. The van der Waals surface area contributed by atoms with Crippen molar-refractivity contribution in [2.45, 2.75) is 46.0 Å². The van der Waals surface area contributed by atoms with E-state index in [1.165, 1.54) is 31.2 Å². The van der Waals surface area contributed by atoms with E-state index in [2.05, 4.69) is 6.92 Å². The van der Waals surface area contributed by atoms with E-state index >= 15 is 0 Å². The molecule has 2 rings (SSSR count). The summed E-state index contributed by atoms with van der Waals surface area (Å²) in [6, 6.07) is 5.18. The van der Waals surface area contributed by atoms with Crippen LogP contribution in [0.25, 0.3) is 0 Å². The highest BCUT2D eigenvalue weighted by Crippen LogP contribution is 2.37. The van der Waals surface area contributed by atoms with E-state index in [9.17, 15) is 4.39 Å². The largest absolute Gasteiger partial charge is 0.330 e. The van der Waals surface area contributed by atoms with E-state index in [0.29, 0.717) is 11.8 Å². The Kier molecular flexibility index (Phi) is 4.98. The van der Waals surface area contributed by atoms with Gasteiger partial charge in [0.05, 0.1) is 0 Å². The van der Waals surface area contributed by atoms with Gasteiger partial charge in [-0.05, 0) is 73.7 Å². The lowest BCUT2D eigenvalue weighted by molar-refractivity contribution is 0.179. The van der Waals surface area contributed by atoms with Crippen molar-refractivity contribution in [3.05, 3.63) is 35.1 Å². The molecule has 1 aliphatic rings. The number of nitrogens with two attached hydrogens (primary N) is 1. The minimum absolute atomic E-state index is 0.133. The van der Waals surface area contributed by atoms with E-state index < -0.39 is 0 Å². The summed E-state index contributed by atoms with van der Waals surface area (Å²) in [5, 5.41) is 0. The summed E-state index contributed by atoms with van der Waals surface area (Å²) < 4.78 is 13.2. The standard InChI is InChI=1S/C17H26FN/c1-3-13-4-5-15(11-19)16(9-13)10-14-6-7-17(18)8-12(14)2/h6-8,13,15-16H,3-5,9-11,19H2,1-2H3. The average Bonchev–Trinajstić information content (AvgIpc) is 2.41. The predicted octanol–water partition coefficient (Wildman–Crippen LogP) is 4.08. The summed E-state index contributed by atoms with van der Waals surface area (Å²) in [5.74, 6) is 2.04. The molecule has 106 valence electrons. The molecule has 1 aliphatic carbocycles. The highest BCUT2D eigenvalue weighted by Gasteiger charge is 2.29. The molecule has 1 saturated carbocycles. The fourth-order valence-corrected chi connectivity index (χ4v) is 3.53. The molecule has 1 nitrogen and oxygen atoms in total. The van der Waals surface area contributed by atoms with E-state index in [1.54, 1.807) is 12.1 Å². The minimum Gasteiger partial charge on any atom is -0.330 e. The van der Waals surface area contributed by atoms with Gasteiger partial charge in [-0.3, -0.25) is 0 Å². The highest BCUT2D eigenvalue weighted by atomic mass is 19.1. The first-order valence-corrected chi connectivity index (χ1v) is 7.59. The second-order valence-corrected chi connectivity index (χ2v) is 6.12. The minimum atomic E-state index is -0.133. The first kappa shape index (κ1) is 14.5. The molecule has 0 aliphatic heterocycles. The van der Waals surface area contributed by atoms with Crippen molar-refractivity contribution in [3.63, 3.8) is 0 Å². The lowest BCUT2D eigenvalue weighted by Crippen LogP contribution is -2.31. The van der Waals surface area contributed by atoms with Crippen LogP contribution in [0.15, 0.2) is 18.2 Å². The predicted molar refractivity (Wildman–Crippen MR) is 78.5 cm³/mol. The van der Waals surface area contributed by atoms with Crippen LogP contribution in [0, 0.1) is 30.5 Å². The molecule has 3 atom stereocenters. The van der Waals surface area contributed by atoms with Crippen LogP contribution < -0.4 is 5.73 Å². The van der Waals surface area contributed by atoms with Gasteiger partial charge in [0.2, 0.25) is 0 Å². The molecule has 0 radical (unpaired) electrons. The third kappa shape index (κ3) is 3.56. The molecule has 0 heterocycles. The van der Waals surface area contributed by atoms with Gasteiger partial charge in [0, 0.05) is 0 Å². The zero-order valence-corrected chi connectivity index (χ0v) is 12.2. The van der Waals surface area contributed by atoms with Crippen molar-refractivity contribution < 1.29 is 4.39 Å². The van der Waals surface area contributed by atoms with Gasteiger partial charge >= 0.3 is 0 Å². The van der Waals surface area contributed by atoms with Crippen LogP contribution in [0.1, 0.15) is 43.7 Å². The fourth-order valence-electron chi connectivity index (χ4n) is 3.53. The third-order valence-electron chi connectivity index (χ3n) is 4.92. The Hall–Kier alpha value is -0.890. The highest BCUT2D eigenvalue weighted by molar-refractivity contribution is 5.27. The molecular formula is C17H26FN. The molecule has 0 amide bonds. The Labute approximate surface area is 116 Å². The topological polar surface area (TPSA) is 26.0 Å². The van der Waals surface area contributed by atoms with Gasteiger partial charge in [-0.1, -0.05) is 25.8 Å². The first-order chi connectivity index (χ1) is 9.13. The van der Waals surface area contributed by atoms with E-state index in [0.717, 1.165) is 24.4 Å². The summed E-state index contributed by atoms with van der Waals surface area (Å²) >= 11 is 0. The summed E-state index contributed by atoms with van der Waals surface area (Å²) in [5.41, 5.74) is 8.31. The van der Waals surface area contributed by atoms with E-state index in [-0.39, 0.29) is 5.82 Å². The normalized spacial score (nSPS) is 27.5. The smallest absolute Gasteiger partial charge is 0.123 e. The molecule has 2 N–H and O–H groups in total. The van der Waals surface area contributed by atoms with Crippen LogP contribution in [-0.4, -0.2) is 6.54 Å². The van der Waals surface area contributed by atoms with Crippen molar-refractivity contribution in [3.8, 4) is 0 Å². The van der Waals surface area contributed by atoms with Crippen LogP contribution >= 0.6 is 0 Å². The van der Waals surface area contributed by atoms with Gasteiger partial charge in [-0.2, -0.15) is 0 Å². The van der Waals surface area contributed by atoms with Crippen molar-refractivity contribution in [1.29, 1.82) is 0 Å². The first-order valence-electron chi connectivity index (χ1n) is 7.59. The van der Waals surface area contributed by atoms with Crippen LogP contribution in [0.2, 0.25) is 0 Å². The zero-order valence-electron chi connectivity index (χ0n) is 12.2. The van der Waals surface area contributed by atoms with E-state index in [1.807, 2.05) is 13.0 Å².